The lowest BCUT2D eigenvalue weighted by atomic mass is 9.82. The van der Waals surface area contributed by atoms with Crippen LogP contribution in [0.15, 0.2) is 164 Å². The smallest absolute Gasteiger partial charge is 0.0540 e. The van der Waals surface area contributed by atoms with Crippen LogP contribution in [0.3, 0.4) is 0 Å². The Bertz CT molecular complexity index is 2730. The lowest BCUT2D eigenvalue weighted by molar-refractivity contribution is 0.660. The molecule has 2 heteroatoms. The van der Waals surface area contributed by atoms with Crippen molar-refractivity contribution in [2.24, 2.45) is 0 Å². The Balaban J connectivity index is 1.19. The van der Waals surface area contributed by atoms with E-state index >= 15 is 0 Å². The molecule has 1 nitrogen and oxygen atoms in total. The van der Waals surface area contributed by atoms with Gasteiger partial charge in [0.2, 0.25) is 0 Å². The van der Waals surface area contributed by atoms with Gasteiger partial charge in [0.15, 0.2) is 0 Å². The summed E-state index contributed by atoms with van der Waals surface area (Å²) in [5.74, 6) is 0. The third-order valence-corrected chi connectivity index (χ3v) is 11.8. The van der Waals surface area contributed by atoms with E-state index in [2.05, 4.69) is 183 Å². The van der Waals surface area contributed by atoms with Crippen LogP contribution in [-0.2, 0) is 5.41 Å². The first kappa shape index (κ1) is 28.3. The van der Waals surface area contributed by atoms with Crippen LogP contribution in [0.2, 0.25) is 0 Å². The molecular weight excluding hydrogens is 611 g/mol. The van der Waals surface area contributed by atoms with Crippen LogP contribution < -0.4 is 4.90 Å². The summed E-state index contributed by atoms with van der Waals surface area (Å²) in [4.78, 5) is 2.46. The zero-order chi connectivity index (χ0) is 32.7. The van der Waals surface area contributed by atoms with Gasteiger partial charge in [0.05, 0.1) is 5.69 Å². The van der Waals surface area contributed by atoms with Gasteiger partial charge in [-0.1, -0.05) is 129 Å². The second-order valence-corrected chi connectivity index (χ2v) is 14.8. The summed E-state index contributed by atoms with van der Waals surface area (Å²) in [6, 6.07) is 60.6. The van der Waals surface area contributed by atoms with Crippen LogP contribution in [0, 0.1) is 0 Å². The zero-order valence-corrected chi connectivity index (χ0v) is 28.3. The number of hydrogen-bond acceptors (Lipinski definition) is 2. The Morgan fingerprint density at radius 3 is 2.02 bits per heavy atom. The molecular formula is C47H33NS. The van der Waals surface area contributed by atoms with Gasteiger partial charge in [-0.3, -0.25) is 0 Å². The molecule has 0 N–H and O–H groups in total. The van der Waals surface area contributed by atoms with E-state index in [1.165, 1.54) is 86.5 Å². The van der Waals surface area contributed by atoms with E-state index in [0.717, 1.165) is 5.69 Å². The van der Waals surface area contributed by atoms with Crippen LogP contribution in [0.25, 0.3) is 64.0 Å². The van der Waals surface area contributed by atoms with Crippen LogP contribution in [-0.4, -0.2) is 0 Å². The van der Waals surface area contributed by atoms with E-state index in [1.54, 1.807) is 0 Å². The van der Waals surface area contributed by atoms with Crippen molar-refractivity contribution >= 4 is 70.1 Å². The molecule has 0 aliphatic heterocycles. The summed E-state index contributed by atoms with van der Waals surface area (Å²) in [6.45, 7) is 4.72. The highest BCUT2D eigenvalue weighted by atomic mass is 32.1. The van der Waals surface area contributed by atoms with E-state index in [9.17, 15) is 0 Å². The second-order valence-electron chi connectivity index (χ2n) is 13.8. The molecule has 9 aromatic rings. The molecule has 8 aromatic carbocycles. The van der Waals surface area contributed by atoms with E-state index in [-0.39, 0.29) is 5.41 Å². The monoisotopic (exact) mass is 643 g/mol. The summed E-state index contributed by atoms with van der Waals surface area (Å²) in [5, 5.41) is 7.76. The van der Waals surface area contributed by atoms with Crippen LogP contribution >= 0.6 is 11.3 Å². The van der Waals surface area contributed by atoms with Gasteiger partial charge in [-0.15, -0.1) is 11.3 Å². The van der Waals surface area contributed by atoms with E-state index in [0.29, 0.717) is 0 Å². The minimum Gasteiger partial charge on any atom is -0.310 e. The molecule has 0 radical (unpaired) electrons. The van der Waals surface area contributed by atoms with Gasteiger partial charge >= 0.3 is 0 Å². The van der Waals surface area contributed by atoms with Crippen molar-refractivity contribution in [2.75, 3.05) is 4.90 Å². The van der Waals surface area contributed by atoms with Gasteiger partial charge < -0.3 is 4.90 Å². The fourth-order valence-corrected chi connectivity index (χ4v) is 9.31. The topological polar surface area (TPSA) is 3.24 Å². The zero-order valence-electron chi connectivity index (χ0n) is 27.4. The molecule has 10 rings (SSSR count). The summed E-state index contributed by atoms with van der Waals surface area (Å²) in [6.07, 6.45) is 0. The molecule has 0 unspecified atom stereocenters. The Morgan fingerprint density at radius 2 is 1.14 bits per heavy atom. The minimum atomic E-state index is -0.0879. The lowest BCUT2D eigenvalue weighted by Crippen LogP contribution is -2.16. The molecule has 232 valence electrons. The lowest BCUT2D eigenvalue weighted by Gasteiger charge is -2.29. The average Bonchev–Trinajstić information content (AvgIpc) is 3.62. The van der Waals surface area contributed by atoms with Crippen molar-refractivity contribution in [3.63, 3.8) is 0 Å². The summed E-state index contributed by atoms with van der Waals surface area (Å²) < 4.78 is 2.67. The second kappa shape index (κ2) is 10.7. The number of anilines is 3. The van der Waals surface area contributed by atoms with Gasteiger partial charge in [-0.25, -0.2) is 0 Å². The number of nitrogens with zero attached hydrogens (tertiary/aromatic N) is 1. The summed E-state index contributed by atoms with van der Waals surface area (Å²) >= 11 is 1.88. The quantitative estimate of drug-likeness (QED) is 0.173. The van der Waals surface area contributed by atoms with Crippen molar-refractivity contribution in [1.82, 2.24) is 0 Å². The first-order chi connectivity index (χ1) is 24.0. The van der Waals surface area contributed by atoms with E-state index in [1.807, 2.05) is 11.3 Å². The first-order valence-electron chi connectivity index (χ1n) is 17.0. The standard InChI is InChI=1S/C47H33NS/c1-47(2)42-16-8-6-13-36(42)37-26-24-34(28-43(37)47)48(33-22-19-31(20-23-33)30-11-4-3-5-12-30)44-17-10-15-35-38(44)25-21-32-27-41-39-14-7-9-18-45(39)49-46(41)29-40(32)35/h3-29H,1-2H3. The van der Waals surface area contributed by atoms with Crippen LogP contribution in [0.1, 0.15) is 25.0 Å². The fraction of sp³-hybridized carbons (Fsp3) is 0.0638. The molecule has 1 aromatic heterocycles. The van der Waals surface area contributed by atoms with Gasteiger partial charge in [0.1, 0.15) is 0 Å². The van der Waals surface area contributed by atoms with E-state index in [4.69, 9.17) is 0 Å². The molecule has 1 aliphatic carbocycles. The highest BCUT2D eigenvalue weighted by Gasteiger charge is 2.35. The molecule has 0 saturated heterocycles. The molecule has 0 saturated carbocycles. The Labute approximate surface area is 290 Å². The minimum absolute atomic E-state index is 0.0879. The van der Waals surface area contributed by atoms with Crippen molar-refractivity contribution in [3.8, 4) is 22.3 Å². The van der Waals surface area contributed by atoms with Crippen LogP contribution in [0.5, 0.6) is 0 Å². The van der Waals surface area contributed by atoms with Gasteiger partial charge in [0, 0.05) is 42.3 Å². The van der Waals surface area contributed by atoms with Crippen molar-refractivity contribution in [2.45, 2.75) is 19.3 Å². The SMILES string of the molecule is CC1(C)c2ccccc2-c2ccc(N(c3ccc(-c4ccccc4)cc3)c3cccc4c3ccc3cc5c(cc34)sc3ccccc35)cc21. The maximum atomic E-state index is 2.46. The highest BCUT2D eigenvalue weighted by molar-refractivity contribution is 7.25. The van der Waals surface area contributed by atoms with Crippen molar-refractivity contribution < 1.29 is 0 Å². The Kier molecular flexibility index (Phi) is 6.16. The molecule has 0 spiro atoms. The predicted octanol–water partition coefficient (Wildman–Crippen LogP) is 13.8. The van der Waals surface area contributed by atoms with Crippen molar-refractivity contribution in [1.29, 1.82) is 0 Å². The molecule has 0 fully saturated rings. The maximum Gasteiger partial charge on any atom is 0.0540 e. The molecule has 0 bridgehead atoms. The maximum absolute atomic E-state index is 2.46. The van der Waals surface area contributed by atoms with Gasteiger partial charge in [0.25, 0.3) is 0 Å². The molecule has 49 heavy (non-hydrogen) atoms. The highest BCUT2D eigenvalue weighted by Crippen LogP contribution is 2.51. The average molecular weight is 644 g/mol. The third-order valence-electron chi connectivity index (χ3n) is 10.7. The molecule has 0 atom stereocenters. The fourth-order valence-electron chi connectivity index (χ4n) is 8.18. The third kappa shape index (κ3) is 4.31. The molecule has 1 heterocycles. The number of rotatable bonds is 4. The predicted molar refractivity (Wildman–Crippen MR) is 212 cm³/mol. The summed E-state index contributed by atoms with van der Waals surface area (Å²) in [7, 11) is 0. The van der Waals surface area contributed by atoms with Gasteiger partial charge in [-0.2, -0.15) is 0 Å². The Hall–Kier alpha value is -5.70. The first-order valence-corrected chi connectivity index (χ1v) is 17.8. The number of thiophene rings is 1. The van der Waals surface area contributed by atoms with Crippen LogP contribution in [0.4, 0.5) is 17.1 Å². The van der Waals surface area contributed by atoms with E-state index < -0.39 is 0 Å². The number of hydrogen-bond donors (Lipinski definition) is 0. The molecule has 0 amide bonds. The number of benzene rings is 8. The Morgan fingerprint density at radius 1 is 0.429 bits per heavy atom. The number of fused-ring (bicyclic) bond motifs is 9. The largest absolute Gasteiger partial charge is 0.310 e. The van der Waals surface area contributed by atoms with Crippen molar-refractivity contribution in [3.05, 3.63) is 175 Å². The molecule has 1 aliphatic rings. The van der Waals surface area contributed by atoms with Gasteiger partial charge in [-0.05, 0) is 98.1 Å². The normalized spacial score (nSPS) is 13.3. The summed E-state index contributed by atoms with van der Waals surface area (Å²) in [5.41, 5.74) is 11.3.